The number of pyridine rings is 1. The molecule has 0 bridgehead atoms. The van der Waals surface area contributed by atoms with Gasteiger partial charge in [0.2, 0.25) is 0 Å². The number of hydrogen-bond acceptors (Lipinski definition) is 4. The number of carboxylic acid groups (broad SMARTS) is 1. The first kappa shape index (κ1) is 20.5. The molecule has 30 heavy (non-hydrogen) atoms. The molecule has 0 radical (unpaired) electrons. The van der Waals surface area contributed by atoms with Crippen molar-refractivity contribution in [3.63, 3.8) is 0 Å². The van der Waals surface area contributed by atoms with Gasteiger partial charge in [-0.25, -0.2) is 18.5 Å². The van der Waals surface area contributed by atoms with Gasteiger partial charge in [0.1, 0.15) is 11.3 Å². The van der Waals surface area contributed by atoms with Gasteiger partial charge in [-0.2, -0.15) is 0 Å². The van der Waals surface area contributed by atoms with E-state index in [-0.39, 0.29) is 11.4 Å². The molecule has 152 valence electrons. The molecular weight excluding hydrogens is 389 g/mol. The molecule has 2 aromatic heterocycles. The van der Waals surface area contributed by atoms with Gasteiger partial charge in [0.15, 0.2) is 5.69 Å². The Balaban J connectivity index is 1.82. The lowest BCUT2D eigenvalue weighted by atomic mass is 10.0. The average molecular weight is 407 g/mol. The summed E-state index contributed by atoms with van der Waals surface area (Å²) in [5, 5.41) is 21.8. The van der Waals surface area contributed by atoms with Crippen molar-refractivity contribution in [2.75, 3.05) is 5.32 Å². The highest BCUT2D eigenvalue weighted by molar-refractivity contribution is 5.99. The zero-order valence-corrected chi connectivity index (χ0v) is 16.0. The maximum Gasteiger partial charge on any atom is 0.358 e. The zero-order chi connectivity index (χ0) is 21.8. The van der Waals surface area contributed by atoms with E-state index in [9.17, 15) is 19.1 Å². The van der Waals surface area contributed by atoms with Crippen molar-refractivity contribution >= 4 is 23.2 Å². The van der Waals surface area contributed by atoms with Gasteiger partial charge in [-0.05, 0) is 36.8 Å². The molecule has 0 saturated heterocycles. The fourth-order valence-electron chi connectivity index (χ4n) is 2.77. The van der Waals surface area contributed by atoms with Gasteiger partial charge in [-0.15, -0.1) is 5.10 Å². The normalized spacial score (nSPS) is 11.2. The fraction of sp³-hybridized carbons (Fsp3) is 0.0476. The van der Waals surface area contributed by atoms with Crippen LogP contribution >= 0.6 is 0 Å². The lowest BCUT2D eigenvalue weighted by Crippen LogP contribution is -2.28. The lowest BCUT2D eigenvalue weighted by Gasteiger charge is -2.10. The Morgan fingerprint density at radius 2 is 1.90 bits per heavy atom. The number of aromatic nitrogens is 3. The van der Waals surface area contributed by atoms with Crippen LogP contribution in [-0.2, 0) is 0 Å². The molecule has 1 aromatic carbocycles. The Morgan fingerprint density at radius 1 is 1.20 bits per heavy atom. The van der Waals surface area contributed by atoms with Crippen LogP contribution in [0.3, 0.4) is 0 Å². The van der Waals surface area contributed by atoms with E-state index in [1.165, 1.54) is 10.6 Å². The van der Waals surface area contributed by atoms with Crippen LogP contribution < -0.4 is 10.6 Å². The molecule has 2 amide bonds. The minimum atomic E-state index is -1.18. The van der Waals surface area contributed by atoms with E-state index < -0.39 is 17.8 Å². The molecule has 2 heterocycles. The van der Waals surface area contributed by atoms with Gasteiger partial charge in [0, 0.05) is 17.4 Å². The van der Waals surface area contributed by atoms with Gasteiger partial charge in [0.25, 0.3) is 0 Å². The van der Waals surface area contributed by atoms with Crippen LogP contribution in [0.2, 0.25) is 0 Å². The first-order chi connectivity index (χ1) is 14.3. The van der Waals surface area contributed by atoms with Crippen LogP contribution in [0.1, 0.15) is 17.4 Å². The van der Waals surface area contributed by atoms with Gasteiger partial charge >= 0.3 is 12.0 Å². The lowest BCUT2D eigenvalue weighted by molar-refractivity contribution is 0.0692. The summed E-state index contributed by atoms with van der Waals surface area (Å²) in [5.41, 5.74) is 2.45. The largest absolute Gasteiger partial charge is 0.476 e. The number of nitrogens with one attached hydrogen (secondary N) is 2. The number of carboxylic acids is 1. The summed E-state index contributed by atoms with van der Waals surface area (Å²) in [6.45, 7) is 8.48. The quantitative estimate of drug-likeness (QED) is 0.532. The number of nitrogens with zero attached hydrogens (tertiary/aromatic N) is 3. The van der Waals surface area contributed by atoms with Gasteiger partial charge < -0.3 is 15.7 Å². The molecule has 0 aliphatic carbocycles. The number of aromatic carboxylic acids is 1. The topological polar surface area (TPSA) is 109 Å². The second kappa shape index (κ2) is 8.39. The molecule has 0 spiro atoms. The first-order valence-electron chi connectivity index (χ1n) is 8.74. The van der Waals surface area contributed by atoms with E-state index in [4.69, 9.17) is 0 Å². The predicted molar refractivity (Wildman–Crippen MR) is 111 cm³/mol. The maximum absolute atomic E-state index is 13.5. The smallest absolute Gasteiger partial charge is 0.358 e. The second-order valence-corrected chi connectivity index (χ2v) is 6.42. The summed E-state index contributed by atoms with van der Waals surface area (Å²) in [6, 6.07) is 9.52. The number of halogens is 1. The molecule has 8 nitrogen and oxygen atoms in total. The molecule has 3 rings (SSSR count). The highest BCUT2D eigenvalue weighted by atomic mass is 19.1. The minimum Gasteiger partial charge on any atom is -0.476 e. The van der Waals surface area contributed by atoms with Crippen molar-refractivity contribution in [2.24, 2.45) is 0 Å². The Kier molecular flexibility index (Phi) is 5.73. The van der Waals surface area contributed by atoms with Crippen molar-refractivity contribution < 1.29 is 19.1 Å². The third kappa shape index (κ3) is 4.41. The number of urea groups is 1. The monoisotopic (exact) mass is 407 g/mol. The number of hydrogen-bond donors (Lipinski definition) is 3. The summed E-state index contributed by atoms with van der Waals surface area (Å²) in [4.78, 5) is 23.6. The number of anilines is 1. The van der Waals surface area contributed by atoms with Gasteiger partial charge in [0.05, 0.1) is 5.70 Å². The van der Waals surface area contributed by atoms with E-state index in [2.05, 4.69) is 34.1 Å². The number of carbonyl (C=O) groups is 2. The summed E-state index contributed by atoms with van der Waals surface area (Å²) < 4.78 is 14.8. The third-order valence-electron chi connectivity index (χ3n) is 4.03. The van der Waals surface area contributed by atoms with Crippen LogP contribution in [0.5, 0.6) is 0 Å². The number of amides is 2. The number of fused-ring (bicyclic) bond motifs is 1. The number of rotatable bonds is 6. The van der Waals surface area contributed by atoms with Gasteiger partial charge in [-0.3, -0.25) is 0 Å². The number of benzene rings is 1. The Hall–Kier alpha value is -4.27. The van der Waals surface area contributed by atoms with E-state index >= 15 is 0 Å². The van der Waals surface area contributed by atoms with Crippen LogP contribution in [0.15, 0.2) is 78.9 Å². The molecule has 0 aliphatic rings. The highest BCUT2D eigenvalue weighted by Gasteiger charge is 2.17. The van der Waals surface area contributed by atoms with Crippen molar-refractivity contribution in [3.05, 3.63) is 84.6 Å². The Labute approximate surface area is 171 Å². The van der Waals surface area contributed by atoms with Crippen LogP contribution in [0.4, 0.5) is 14.9 Å². The molecule has 0 saturated carbocycles. The molecule has 3 aromatic rings. The molecule has 0 aliphatic heterocycles. The fourth-order valence-corrected chi connectivity index (χ4v) is 2.77. The summed E-state index contributed by atoms with van der Waals surface area (Å²) >= 11 is 0. The standard InChI is InChI=1S/C21H18FN5O3/c1-12(2)11-17(13(3)22)24-21(30)23-15-8-6-14(7-9-15)16-5-4-10-27-19(16)18(20(28)29)25-26-27/h4-11H,1,3H2,2H3,(H,28,29)(H2,23,24,30)/b17-11+. The second-order valence-electron chi connectivity index (χ2n) is 6.42. The van der Waals surface area contributed by atoms with Crippen molar-refractivity contribution in [1.82, 2.24) is 20.1 Å². The van der Waals surface area contributed by atoms with E-state index in [0.717, 1.165) is 0 Å². The minimum absolute atomic E-state index is 0.0854. The SMILES string of the molecule is C=C(C)/C=C(/NC(=O)Nc1ccc(-c2cccn3nnc(C(=O)O)c23)cc1)C(=C)F. The molecule has 0 fully saturated rings. The van der Waals surface area contributed by atoms with Crippen LogP contribution in [-0.4, -0.2) is 31.9 Å². The zero-order valence-electron chi connectivity index (χ0n) is 16.0. The molecule has 0 unspecified atom stereocenters. The average Bonchev–Trinajstić information content (AvgIpc) is 3.12. The Morgan fingerprint density at radius 3 is 2.50 bits per heavy atom. The number of allylic oxidation sites excluding steroid dienone is 3. The van der Waals surface area contributed by atoms with Crippen molar-refractivity contribution in [3.8, 4) is 11.1 Å². The summed E-state index contributed by atoms with van der Waals surface area (Å²) in [7, 11) is 0. The van der Waals surface area contributed by atoms with E-state index in [1.54, 1.807) is 49.5 Å². The first-order valence-corrected chi connectivity index (χ1v) is 8.74. The molecule has 0 atom stereocenters. The third-order valence-corrected chi connectivity index (χ3v) is 4.03. The summed E-state index contributed by atoms with van der Waals surface area (Å²) in [5.74, 6) is -1.97. The molecular formula is C21H18FN5O3. The maximum atomic E-state index is 13.5. The Bertz CT molecular complexity index is 1200. The van der Waals surface area contributed by atoms with Crippen molar-refractivity contribution in [1.29, 1.82) is 0 Å². The summed E-state index contributed by atoms with van der Waals surface area (Å²) in [6.07, 6.45) is 2.97. The van der Waals surface area contributed by atoms with Gasteiger partial charge in [-0.1, -0.05) is 42.1 Å². The van der Waals surface area contributed by atoms with Crippen LogP contribution in [0, 0.1) is 0 Å². The molecule has 3 N–H and O–H groups in total. The van der Waals surface area contributed by atoms with E-state index in [0.29, 0.717) is 27.9 Å². The predicted octanol–water partition coefficient (Wildman–Crippen LogP) is 4.16. The van der Waals surface area contributed by atoms with Crippen molar-refractivity contribution in [2.45, 2.75) is 6.92 Å². The number of carbonyl (C=O) groups excluding carboxylic acids is 1. The molecule has 9 heteroatoms. The highest BCUT2D eigenvalue weighted by Crippen LogP contribution is 2.27. The van der Waals surface area contributed by atoms with Crippen LogP contribution in [0.25, 0.3) is 16.6 Å². The van der Waals surface area contributed by atoms with E-state index in [1.807, 2.05) is 0 Å².